The highest BCUT2D eigenvalue weighted by Gasteiger charge is 2.34. The number of alkyl halides is 2. The molecule has 56 heavy (non-hydrogen) atoms. The summed E-state index contributed by atoms with van der Waals surface area (Å²) in [6.07, 6.45) is -0.820. The topological polar surface area (TPSA) is 146 Å². The average Bonchev–Trinajstić information content (AvgIpc) is 3.44. The Morgan fingerprint density at radius 1 is 1.05 bits per heavy atom. The van der Waals surface area contributed by atoms with Crippen molar-refractivity contribution < 1.29 is 38.1 Å². The third-order valence-electron chi connectivity index (χ3n) is 9.99. The van der Waals surface area contributed by atoms with E-state index in [9.17, 15) is 33.4 Å². The number of carboxylic acids is 1. The van der Waals surface area contributed by atoms with Crippen molar-refractivity contribution in [1.82, 2.24) is 25.3 Å². The SMILES string of the molecule is CCn1c(-c2cccnc2C(C)C)c(CC(C)(C)CO)c2cc(-c3cc(C[C@H](NC(=O)OC(C)(C)C)C(=O)N4CCC[C@@H](C(=O)O)N4)cc(C(F)F)c3)ccc21. The Morgan fingerprint density at radius 3 is 2.41 bits per heavy atom. The minimum Gasteiger partial charge on any atom is -0.480 e. The molecular formula is C43H55F2N5O6. The van der Waals surface area contributed by atoms with Crippen molar-refractivity contribution in [2.45, 2.75) is 118 Å². The number of carboxylic acid groups (broad SMARTS) is 1. The van der Waals surface area contributed by atoms with Crippen molar-refractivity contribution in [2.75, 3.05) is 13.2 Å². The molecule has 2 aromatic heterocycles. The molecule has 1 fully saturated rings. The third-order valence-corrected chi connectivity index (χ3v) is 9.99. The van der Waals surface area contributed by atoms with Crippen LogP contribution in [0.2, 0.25) is 0 Å². The Morgan fingerprint density at radius 2 is 1.79 bits per heavy atom. The van der Waals surface area contributed by atoms with E-state index in [0.29, 0.717) is 42.5 Å². The monoisotopic (exact) mass is 775 g/mol. The molecule has 4 N–H and O–H groups in total. The number of alkyl carbamates (subject to hydrolysis) is 1. The van der Waals surface area contributed by atoms with E-state index < -0.39 is 47.5 Å². The van der Waals surface area contributed by atoms with Gasteiger partial charge in [-0.1, -0.05) is 45.9 Å². The molecule has 2 aromatic carbocycles. The van der Waals surface area contributed by atoms with Crippen LogP contribution in [0.3, 0.4) is 0 Å². The summed E-state index contributed by atoms with van der Waals surface area (Å²) < 4.78 is 36.9. The van der Waals surface area contributed by atoms with E-state index in [1.54, 1.807) is 33.0 Å². The van der Waals surface area contributed by atoms with E-state index in [4.69, 9.17) is 9.72 Å². The van der Waals surface area contributed by atoms with Crippen LogP contribution in [-0.4, -0.2) is 73.6 Å². The highest BCUT2D eigenvalue weighted by Crippen LogP contribution is 2.42. The molecule has 0 spiro atoms. The van der Waals surface area contributed by atoms with Crippen LogP contribution in [0.15, 0.2) is 54.7 Å². The number of aliphatic carboxylic acids is 1. The minimum atomic E-state index is -2.83. The number of rotatable bonds is 13. The number of halogens is 2. The Balaban J connectivity index is 1.64. The molecule has 1 aliphatic rings. The summed E-state index contributed by atoms with van der Waals surface area (Å²) in [5, 5.41) is 24.7. The number of nitrogens with zero attached hydrogens (tertiary/aromatic N) is 3. The standard InChI is InChI=1S/C43H55F2N5O6/c1-9-49-35-15-14-27(22-31(35)32(23-43(7,8)24-51)37(49)30-12-10-16-46-36(30)25(2)3)28-18-26(19-29(21-28)38(44)45)20-34(47-41(55)56-42(4,5)6)39(52)50-17-11-13-33(48-50)40(53)54/h10,12,14-16,18-19,21-22,25,33-34,38,48,51H,9,11,13,17,20,23-24H2,1-8H3,(H,47,55)(H,53,54)/t33-,34-/m0/s1. The molecule has 1 saturated heterocycles. The predicted octanol–water partition coefficient (Wildman–Crippen LogP) is 8.03. The Kier molecular flexibility index (Phi) is 12.9. The van der Waals surface area contributed by atoms with Crippen molar-refractivity contribution >= 4 is 28.9 Å². The fourth-order valence-corrected chi connectivity index (χ4v) is 7.36. The number of aromatic nitrogens is 2. The maximum atomic E-state index is 14.6. The van der Waals surface area contributed by atoms with Gasteiger partial charge in [-0.3, -0.25) is 19.6 Å². The lowest BCUT2D eigenvalue weighted by atomic mass is 9.84. The molecule has 5 rings (SSSR count). The van der Waals surface area contributed by atoms with E-state index >= 15 is 0 Å². The zero-order chi connectivity index (χ0) is 41.1. The van der Waals surface area contributed by atoms with Crippen molar-refractivity contribution in [3.63, 3.8) is 0 Å². The van der Waals surface area contributed by atoms with Crippen LogP contribution >= 0.6 is 0 Å². The number of carbonyl (C=O) groups is 3. The fourth-order valence-electron chi connectivity index (χ4n) is 7.36. The Labute approximate surface area is 327 Å². The molecule has 0 saturated carbocycles. The number of ether oxygens (including phenoxy) is 1. The summed E-state index contributed by atoms with van der Waals surface area (Å²) in [5.74, 6) is -1.59. The second-order valence-electron chi connectivity index (χ2n) is 16.7. The van der Waals surface area contributed by atoms with Crippen molar-refractivity contribution in [2.24, 2.45) is 5.41 Å². The van der Waals surface area contributed by atoms with Gasteiger partial charge in [0.25, 0.3) is 12.3 Å². The van der Waals surface area contributed by atoms with Gasteiger partial charge in [-0.25, -0.2) is 19.0 Å². The smallest absolute Gasteiger partial charge is 0.408 e. The van der Waals surface area contributed by atoms with Gasteiger partial charge in [-0.05, 0) is 111 Å². The van der Waals surface area contributed by atoms with E-state index in [1.807, 2.05) is 38.1 Å². The normalized spacial score (nSPS) is 15.7. The molecule has 302 valence electrons. The lowest BCUT2D eigenvalue weighted by Crippen LogP contribution is -2.60. The number of nitrogens with one attached hydrogen (secondary N) is 2. The predicted molar refractivity (Wildman–Crippen MR) is 212 cm³/mol. The minimum absolute atomic E-state index is 0.0457. The van der Waals surface area contributed by atoms with Gasteiger partial charge in [0.1, 0.15) is 17.7 Å². The molecule has 11 nitrogen and oxygen atoms in total. The van der Waals surface area contributed by atoms with Crippen LogP contribution in [0.4, 0.5) is 13.6 Å². The molecule has 2 atom stereocenters. The number of aliphatic hydroxyl groups excluding tert-OH is 1. The number of hydrogen-bond acceptors (Lipinski definition) is 7. The number of amides is 2. The van der Waals surface area contributed by atoms with Crippen LogP contribution in [0.1, 0.15) is 103 Å². The van der Waals surface area contributed by atoms with Crippen molar-refractivity contribution in [3.8, 4) is 22.4 Å². The molecule has 0 bridgehead atoms. The molecule has 0 radical (unpaired) electrons. The van der Waals surface area contributed by atoms with Gasteiger partial charge in [0.15, 0.2) is 0 Å². The summed E-state index contributed by atoms with van der Waals surface area (Å²) >= 11 is 0. The maximum Gasteiger partial charge on any atom is 0.408 e. The summed E-state index contributed by atoms with van der Waals surface area (Å²) in [7, 11) is 0. The van der Waals surface area contributed by atoms with Crippen molar-refractivity contribution in [1.29, 1.82) is 0 Å². The number of pyridine rings is 1. The van der Waals surface area contributed by atoms with Crippen molar-refractivity contribution in [3.05, 3.63) is 77.1 Å². The Hall–Kier alpha value is -4.88. The average molecular weight is 776 g/mol. The summed E-state index contributed by atoms with van der Waals surface area (Å²) in [6, 6.07) is 12.1. The summed E-state index contributed by atoms with van der Waals surface area (Å²) in [6.45, 7) is 16.1. The second-order valence-corrected chi connectivity index (χ2v) is 16.7. The number of aryl methyl sites for hydroxylation is 1. The maximum absolute atomic E-state index is 14.6. The van der Waals surface area contributed by atoms with Crippen LogP contribution < -0.4 is 10.7 Å². The number of fused-ring (bicyclic) bond motifs is 1. The zero-order valence-electron chi connectivity index (χ0n) is 33.6. The van der Waals surface area contributed by atoms with Gasteiger partial charge < -0.3 is 24.8 Å². The number of benzene rings is 2. The van der Waals surface area contributed by atoms with Gasteiger partial charge >= 0.3 is 12.1 Å². The highest BCUT2D eigenvalue weighted by atomic mass is 19.3. The molecular weight excluding hydrogens is 720 g/mol. The van der Waals surface area contributed by atoms with E-state index in [2.05, 4.69) is 42.1 Å². The van der Waals surface area contributed by atoms with Gasteiger partial charge in [-0.2, -0.15) is 0 Å². The quantitative estimate of drug-likeness (QED) is 0.107. The lowest BCUT2D eigenvalue weighted by Gasteiger charge is -2.34. The van der Waals surface area contributed by atoms with Crippen LogP contribution in [-0.2, 0) is 33.7 Å². The van der Waals surface area contributed by atoms with Gasteiger partial charge in [0.2, 0.25) is 0 Å². The van der Waals surface area contributed by atoms with Gasteiger partial charge in [-0.15, -0.1) is 0 Å². The van der Waals surface area contributed by atoms with E-state index in [-0.39, 0.29) is 31.1 Å². The summed E-state index contributed by atoms with van der Waals surface area (Å²) in [5.41, 5.74) is 7.58. The van der Waals surface area contributed by atoms with Crippen LogP contribution in [0.25, 0.3) is 33.3 Å². The molecule has 13 heteroatoms. The van der Waals surface area contributed by atoms with E-state index in [1.165, 1.54) is 17.1 Å². The summed E-state index contributed by atoms with van der Waals surface area (Å²) in [4.78, 5) is 43.5. The van der Waals surface area contributed by atoms with Gasteiger partial charge in [0.05, 0.1) is 11.4 Å². The first-order valence-corrected chi connectivity index (χ1v) is 19.3. The Bertz CT molecular complexity index is 2070. The molecule has 4 aromatic rings. The molecule has 3 heterocycles. The first kappa shape index (κ1) is 42.3. The fraction of sp³-hybridized carbons (Fsp3) is 0.488. The highest BCUT2D eigenvalue weighted by molar-refractivity contribution is 5.95. The van der Waals surface area contributed by atoms with Gasteiger partial charge in [0, 0.05) is 54.3 Å². The largest absolute Gasteiger partial charge is 0.480 e. The second kappa shape index (κ2) is 17.1. The number of carbonyl (C=O) groups excluding carboxylic acids is 2. The molecule has 1 aliphatic heterocycles. The van der Waals surface area contributed by atoms with Crippen LogP contribution in [0.5, 0.6) is 0 Å². The lowest BCUT2D eigenvalue weighted by molar-refractivity contribution is -0.147. The first-order valence-electron chi connectivity index (χ1n) is 19.3. The number of hydrogen-bond donors (Lipinski definition) is 4. The van der Waals surface area contributed by atoms with E-state index in [0.717, 1.165) is 33.4 Å². The zero-order valence-corrected chi connectivity index (χ0v) is 33.6. The molecule has 0 aliphatic carbocycles. The first-order chi connectivity index (χ1) is 26.3. The van der Waals surface area contributed by atoms with Crippen LogP contribution in [0, 0.1) is 5.41 Å². The molecule has 0 unspecified atom stereocenters. The number of aliphatic hydroxyl groups is 1. The molecule has 2 amide bonds. The third kappa shape index (κ3) is 9.73. The number of hydrazine groups is 1.